The second kappa shape index (κ2) is 5.52. The summed E-state index contributed by atoms with van der Waals surface area (Å²) in [6.45, 7) is 2.25. The minimum absolute atomic E-state index is 0.0861. The summed E-state index contributed by atoms with van der Waals surface area (Å²) >= 11 is 0. The van der Waals surface area contributed by atoms with Crippen LogP contribution in [0.3, 0.4) is 0 Å². The molecule has 0 fully saturated rings. The minimum atomic E-state index is -0.446. The zero-order chi connectivity index (χ0) is 13.8. The molecule has 0 aromatic heterocycles. The first-order valence-corrected chi connectivity index (χ1v) is 5.98. The van der Waals surface area contributed by atoms with Gasteiger partial charge in [0, 0.05) is 23.9 Å². The van der Waals surface area contributed by atoms with Crippen LogP contribution in [0.2, 0.25) is 0 Å². The third-order valence-corrected chi connectivity index (χ3v) is 2.77. The number of anilines is 1. The standard InChI is InChI=1S/C15H14FNO2/c1-2-17(13-7-4-8-14(18)10-13)15(19)11-5-3-6-12(16)9-11/h3-10,18H,2H2,1H3. The van der Waals surface area contributed by atoms with E-state index in [-0.39, 0.29) is 17.2 Å². The Balaban J connectivity index is 2.34. The van der Waals surface area contributed by atoms with E-state index in [1.165, 1.54) is 35.2 Å². The number of halogens is 1. The predicted octanol–water partition coefficient (Wildman–Crippen LogP) is 3.20. The van der Waals surface area contributed by atoms with Crippen molar-refractivity contribution in [2.24, 2.45) is 0 Å². The highest BCUT2D eigenvalue weighted by Gasteiger charge is 2.16. The van der Waals surface area contributed by atoms with E-state index < -0.39 is 5.82 Å². The third-order valence-electron chi connectivity index (χ3n) is 2.77. The highest BCUT2D eigenvalue weighted by atomic mass is 19.1. The quantitative estimate of drug-likeness (QED) is 0.919. The molecule has 2 aromatic rings. The molecule has 0 aliphatic heterocycles. The molecule has 98 valence electrons. The van der Waals surface area contributed by atoms with Crippen LogP contribution in [0.5, 0.6) is 5.75 Å². The molecule has 0 saturated heterocycles. The van der Waals surface area contributed by atoms with Gasteiger partial charge in [-0.05, 0) is 37.3 Å². The number of hydrogen-bond acceptors (Lipinski definition) is 2. The van der Waals surface area contributed by atoms with Gasteiger partial charge in [-0.1, -0.05) is 12.1 Å². The molecular formula is C15H14FNO2. The normalized spacial score (nSPS) is 10.2. The highest BCUT2D eigenvalue weighted by molar-refractivity contribution is 6.06. The van der Waals surface area contributed by atoms with E-state index in [0.717, 1.165) is 0 Å². The van der Waals surface area contributed by atoms with E-state index in [9.17, 15) is 14.3 Å². The molecule has 0 heterocycles. The van der Waals surface area contributed by atoms with Crippen LogP contribution < -0.4 is 4.90 Å². The van der Waals surface area contributed by atoms with Crippen molar-refractivity contribution in [2.75, 3.05) is 11.4 Å². The first-order chi connectivity index (χ1) is 9.11. The van der Waals surface area contributed by atoms with Crippen molar-refractivity contribution >= 4 is 11.6 Å². The van der Waals surface area contributed by atoms with Gasteiger partial charge in [0.1, 0.15) is 11.6 Å². The van der Waals surface area contributed by atoms with Gasteiger partial charge in [0.15, 0.2) is 0 Å². The monoisotopic (exact) mass is 259 g/mol. The summed E-state index contributed by atoms with van der Waals surface area (Å²) in [5.74, 6) is -0.659. The lowest BCUT2D eigenvalue weighted by Crippen LogP contribution is -2.30. The lowest BCUT2D eigenvalue weighted by molar-refractivity contribution is 0.0988. The molecule has 0 atom stereocenters. The lowest BCUT2D eigenvalue weighted by atomic mass is 10.1. The summed E-state index contributed by atoms with van der Waals surface area (Å²) in [5, 5.41) is 9.46. The summed E-state index contributed by atoms with van der Waals surface area (Å²) < 4.78 is 13.2. The van der Waals surface area contributed by atoms with E-state index in [1.807, 2.05) is 6.92 Å². The Morgan fingerprint density at radius 3 is 2.58 bits per heavy atom. The van der Waals surface area contributed by atoms with Gasteiger partial charge in [0.25, 0.3) is 5.91 Å². The Bertz CT molecular complexity index is 598. The maximum atomic E-state index is 13.2. The first kappa shape index (κ1) is 13.1. The van der Waals surface area contributed by atoms with Crippen LogP contribution in [0, 0.1) is 5.82 Å². The number of hydrogen-bond donors (Lipinski definition) is 1. The topological polar surface area (TPSA) is 40.5 Å². The average Bonchev–Trinajstić information content (AvgIpc) is 2.39. The lowest BCUT2D eigenvalue weighted by Gasteiger charge is -2.21. The van der Waals surface area contributed by atoms with Crippen LogP contribution in [0.1, 0.15) is 17.3 Å². The summed E-state index contributed by atoms with van der Waals surface area (Å²) in [7, 11) is 0. The van der Waals surface area contributed by atoms with Gasteiger partial charge in [0.2, 0.25) is 0 Å². The molecule has 19 heavy (non-hydrogen) atoms. The number of amides is 1. The largest absolute Gasteiger partial charge is 0.508 e. The van der Waals surface area contributed by atoms with Gasteiger partial charge in [-0.25, -0.2) is 4.39 Å². The van der Waals surface area contributed by atoms with Crippen LogP contribution in [-0.2, 0) is 0 Å². The van der Waals surface area contributed by atoms with Crippen molar-refractivity contribution in [3.05, 3.63) is 59.9 Å². The second-order valence-corrected chi connectivity index (χ2v) is 4.08. The Morgan fingerprint density at radius 1 is 1.21 bits per heavy atom. The van der Waals surface area contributed by atoms with E-state index in [2.05, 4.69) is 0 Å². The molecule has 3 nitrogen and oxygen atoms in total. The van der Waals surface area contributed by atoms with Crippen molar-refractivity contribution in [3.8, 4) is 5.75 Å². The van der Waals surface area contributed by atoms with Crippen LogP contribution in [0.4, 0.5) is 10.1 Å². The molecule has 0 radical (unpaired) electrons. The smallest absolute Gasteiger partial charge is 0.258 e. The minimum Gasteiger partial charge on any atom is -0.508 e. The third kappa shape index (κ3) is 2.91. The fourth-order valence-corrected chi connectivity index (χ4v) is 1.88. The molecule has 2 aromatic carbocycles. The molecule has 0 spiro atoms. The van der Waals surface area contributed by atoms with Gasteiger partial charge in [-0.3, -0.25) is 4.79 Å². The number of carbonyl (C=O) groups is 1. The fourth-order valence-electron chi connectivity index (χ4n) is 1.88. The Morgan fingerprint density at radius 2 is 1.95 bits per heavy atom. The van der Waals surface area contributed by atoms with Crippen LogP contribution in [0.25, 0.3) is 0 Å². The van der Waals surface area contributed by atoms with Crippen LogP contribution >= 0.6 is 0 Å². The molecule has 0 aliphatic carbocycles. The molecule has 4 heteroatoms. The fraction of sp³-hybridized carbons (Fsp3) is 0.133. The van der Waals surface area contributed by atoms with Gasteiger partial charge < -0.3 is 10.0 Å². The number of nitrogens with zero attached hydrogens (tertiary/aromatic N) is 1. The summed E-state index contributed by atoms with van der Waals surface area (Å²) in [5.41, 5.74) is 0.863. The molecule has 0 aliphatic rings. The maximum Gasteiger partial charge on any atom is 0.258 e. The Hall–Kier alpha value is -2.36. The molecule has 0 saturated carbocycles. The van der Waals surface area contributed by atoms with Gasteiger partial charge in [-0.2, -0.15) is 0 Å². The number of rotatable bonds is 3. The second-order valence-electron chi connectivity index (χ2n) is 4.08. The predicted molar refractivity (Wildman–Crippen MR) is 71.9 cm³/mol. The summed E-state index contributed by atoms with van der Waals surface area (Å²) in [6.07, 6.45) is 0. The Kier molecular flexibility index (Phi) is 3.80. The number of aromatic hydroxyl groups is 1. The zero-order valence-corrected chi connectivity index (χ0v) is 10.5. The van der Waals surface area contributed by atoms with Gasteiger partial charge in [-0.15, -0.1) is 0 Å². The number of phenols is 1. The van der Waals surface area contributed by atoms with Crippen molar-refractivity contribution in [2.45, 2.75) is 6.92 Å². The van der Waals surface area contributed by atoms with Crippen LogP contribution in [0.15, 0.2) is 48.5 Å². The van der Waals surface area contributed by atoms with Crippen molar-refractivity contribution in [3.63, 3.8) is 0 Å². The molecule has 0 bridgehead atoms. The van der Waals surface area contributed by atoms with E-state index in [1.54, 1.807) is 18.2 Å². The summed E-state index contributed by atoms with van der Waals surface area (Å²) in [6, 6.07) is 12.0. The van der Waals surface area contributed by atoms with Crippen molar-refractivity contribution < 1.29 is 14.3 Å². The van der Waals surface area contributed by atoms with Gasteiger partial charge in [0.05, 0.1) is 0 Å². The number of carbonyl (C=O) groups excluding carboxylic acids is 1. The molecular weight excluding hydrogens is 245 g/mol. The SMILES string of the molecule is CCN(C(=O)c1cccc(F)c1)c1cccc(O)c1. The first-order valence-electron chi connectivity index (χ1n) is 5.98. The Labute approximate surface area is 110 Å². The number of phenolic OH excluding ortho intramolecular Hbond substituents is 1. The van der Waals surface area contributed by atoms with E-state index >= 15 is 0 Å². The molecule has 2 rings (SSSR count). The molecule has 1 N–H and O–H groups in total. The maximum absolute atomic E-state index is 13.2. The molecule has 0 unspecified atom stereocenters. The van der Waals surface area contributed by atoms with Crippen molar-refractivity contribution in [1.82, 2.24) is 0 Å². The van der Waals surface area contributed by atoms with E-state index in [0.29, 0.717) is 12.2 Å². The average molecular weight is 259 g/mol. The van der Waals surface area contributed by atoms with Gasteiger partial charge >= 0.3 is 0 Å². The number of benzene rings is 2. The van der Waals surface area contributed by atoms with Crippen molar-refractivity contribution in [1.29, 1.82) is 0 Å². The zero-order valence-electron chi connectivity index (χ0n) is 10.5. The highest BCUT2D eigenvalue weighted by Crippen LogP contribution is 2.21. The summed E-state index contributed by atoms with van der Waals surface area (Å²) in [4.78, 5) is 13.8. The van der Waals surface area contributed by atoms with Crippen LogP contribution in [-0.4, -0.2) is 17.6 Å². The molecule has 1 amide bonds. The van der Waals surface area contributed by atoms with E-state index in [4.69, 9.17) is 0 Å².